The molecule has 1 fully saturated rings. The van der Waals surface area contributed by atoms with Crippen LogP contribution in [0.25, 0.3) is 11.4 Å². The van der Waals surface area contributed by atoms with Crippen LogP contribution in [-0.2, 0) is 4.79 Å². The molecule has 0 spiro atoms. The van der Waals surface area contributed by atoms with Crippen molar-refractivity contribution in [3.8, 4) is 34.4 Å². The number of carbonyl (C=O) groups excluding carboxylic acids is 1. The molecule has 0 radical (unpaired) electrons. The zero-order chi connectivity index (χ0) is 24.9. The molecule has 0 aliphatic carbocycles. The first-order chi connectivity index (χ1) is 17.0. The van der Waals surface area contributed by atoms with Crippen LogP contribution in [0.4, 0.5) is 11.7 Å². The Kier molecular flexibility index (Phi) is 7.50. The minimum Gasteiger partial charge on any atom is -0.495 e. The van der Waals surface area contributed by atoms with Crippen LogP contribution in [0.15, 0.2) is 34.9 Å². The van der Waals surface area contributed by atoms with Gasteiger partial charge in [-0.05, 0) is 37.1 Å². The number of aromatic nitrogens is 2. The van der Waals surface area contributed by atoms with Crippen molar-refractivity contribution in [2.75, 3.05) is 51.7 Å². The third-order valence-corrected chi connectivity index (χ3v) is 6.22. The molecule has 35 heavy (non-hydrogen) atoms. The molecule has 0 unspecified atom stereocenters. The second-order valence-electron chi connectivity index (χ2n) is 7.91. The summed E-state index contributed by atoms with van der Waals surface area (Å²) < 4.78 is 26.7. The van der Waals surface area contributed by atoms with Crippen molar-refractivity contribution in [3.63, 3.8) is 0 Å². The molecule has 2 aromatic carbocycles. The molecule has 1 aromatic heterocycles. The van der Waals surface area contributed by atoms with Gasteiger partial charge in [-0.3, -0.25) is 4.79 Å². The number of piperidine rings is 1. The molecule has 1 aliphatic rings. The summed E-state index contributed by atoms with van der Waals surface area (Å²) in [4.78, 5) is 19.4. The van der Waals surface area contributed by atoms with Crippen LogP contribution in [0, 0.1) is 5.92 Å². The SMILES string of the molecule is COc1cc(OC)c(NC(=O)C2CCN(c3nc(-c4ccc(OC)c(OC)c4)no3)CC2)cc1Cl. The molecule has 0 bridgehead atoms. The van der Waals surface area contributed by atoms with Gasteiger partial charge in [0.05, 0.1) is 39.1 Å². The van der Waals surface area contributed by atoms with E-state index in [1.807, 2.05) is 11.0 Å². The lowest BCUT2D eigenvalue weighted by Crippen LogP contribution is -2.38. The summed E-state index contributed by atoms with van der Waals surface area (Å²) in [5.74, 6) is 2.33. The number of methoxy groups -OCH3 is 4. The standard InChI is InChI=1S/C24H27ClN4O6/c1-31-18-6-5-15(11-21(18)34-4)22-27-24(35-28-22)29-9-7-14(8-10-29)23(30)26-17-12-16(25)19(32-2)13-20(17)33-3/h5-6,11-14H,7-10H2,1-4H3,(H,26,30). The van der Waals surface area contributed by atoms with Gasteiger partial charge in [0, 0.05) is 30.6 Å². The van der Waals surface area contributed by atoms with Crippen molar-refractivity contribution >= 4 is 29.2 Å². The van der Waals surface area contributed by atoms with Gasteiger partial charge in [-0.1, -0.05) is 16.8 Å². The lowest BCUT2D eigenvalue weighted by molar-refractivity contribution is -0.120. The van der Waals surface area contributed by atoms with Crippen LogP contribution >= 0.6 is 11.6 Å². The van der Waals surface area contributed by atoms with Crippen molar-refractivity contribution in [1.82, 2.24) is 10.1 Å². The number of amides is 1. The molecule has 2 heterocycles. The zero-order valence-electron chi connectivity index (χ0n) is 20.0. The molecule has 1 aliphatic heterocycles. The maximum Gasteiger partial charge on any atom is 0.324 e. The van der Waals surface area contributed by atoms with Gasteiger partial charge in [-0.2, -0.15) is 4.98 Å². The molecule has 186 valence electrons. The predicted octanol–water partition coefficient (Wildman–Crippen LogP) is 4.28. The zero-order valence-corrected chi connectivity index (χ0v) is 20.7. The third kappa shape index (κ3) is 5.22. The maximum atomic E-state index is 12.9. The molecule has 10 nitrogen and oxygen atoms in total. The van der Waals surface area contributed by atoms with Crippen molar-refractivity contribution in [3.05, 3.63) is 35.4 Å². The molecule has 1 saturated heterocycles. The number of rotatable bonds is 8. The molecule has 1 amide bonds. The van der Waals surface area contributed by atoms with Gasteiger partial charge in [0.15, 0.2) is 11.5 Å². The summed E-state index contributed by atoms with van der Waals surface area (Å²) in [7, 11) is 6.20. The fourth-order valence-corrected chi connectivity index (χ4v) is 4.20. The number of ether oxygens (including phenoxy) is 4. The molecule has 0 atom stereocenters. The Morgan fingerprint density at radius 2 is 1.66 bits per heavy atom. The van der Waals surface area contributed by atoms with Gasteiger partial charge in [0.1, 0.15) is 11.5 Å². The average Bonchev–Trinajstić information content (AvgIpc) is 3.39. The van der Waals surface area contributed by atoms with Gasteiger partial charge in [-0.25, -0.2) is 0 Å². The lowest BCUT2D eigenvalue weighted by atomic mass is 9.96. The lowest BCUT2D eigenvalue weighted by Gasteiger charge is -2.29. The van der Waals surface area contributed by atoms with Crippen LogP contribution in [-0.4, -0.2) is 57.6 Å². The van der Waals surface area contributed by atoms with E-state index in [4.69, 9.17) is 35.1 Å². The van der Waals surface area contributed by atoms with Crippen LogP contribution in [0.5, 0.6) is 23.0 Å². The second-order valence-corrected chi connectivity index (χ2v) is 8.32. The highest BCUT2D eigenvalue weighted by Crippen LogP contribution is 2.37. The minimum absolute atomic E-state index is 0.0965. The second kappa shape index (κ2) is 10.7. The van der Waals surface area contributed by atoms with E-state index >= 15 is 0 Å². The van der Waals surface area contributed by atoms with E-state index in [1.54, 1.807) is 38.5 Å². The number of nitrogens with zero attached hydrogens (tertiary/aromatic N) is 3. The van der Waals surface area contributed by atoms with Crippen molar-refractivity contribution in [2.24, 2.45) is 5.92 Å². The molecule has 11 heteroatoms. The third-order valence-electron chi connectivity index (χ3n) is 5.93. The highest BCUT2D eigenvalue weighted by molar-refractivity contribution is 6.32. The van der Waals surface area contributed by atoms with Crippen molar-refractivity contribution < 1.29 is 28.3 Å². The smallest absolute Gasteiger partial charge is 0.324 e. The number of anilines is 2. The summed E-state index contributed by atoms with van der Waals surface area (Å²) >= 11 is 6.22. The van der Waals surface area contributed by atoms with E-state index in [0.717, 1.165) is 5.56 Å². The fourth-order valence-electron chi connectivity index (χ4n) is 3.96. The van der Waals surface area contributed by atoms with Gasteiger partial charge >= 0.3 is 6.01 Å². The number of nitrogens with one attached hydrogen (secondary N) is 1. The van der Waals surface area contributed by atoms with E-state index in [0.29, 0.717) is 71.5 Å². The Morgan fingerprint density at radius 3 is 2.31 bits per heavy atom. The number of hydrogen-bond acceptors (Lipinski definition) is 9. The fraction of sp³-hybridized carbons (Fsp3) is 0.375. The highest BCUT2D eigenvalue weighted by Gasteiger charge is 2.28. The number of halogens is 1. The Labute approximate surface area is 208 Å². The van der Waals surface area contributed by atoms with Gasteiger partial charge in [0.2, 0.25) is 11.7 Å². The normalized spacial score (nSPS) is 13.9. The Morgan fingerprint density at radius 1 is 0.971 bits per heavy atom. The van der Waals surface area contributed by atoms with Crippen LogP contribution in [0.3, 0.4) is 0 Å². The number of carbonyl (C=O) groups is 1. The quantitative estimate of drug-likeness (QED) is 0.482. The molecular formula is C24H27ClN4O6. The van der Waals surface area contributed by atoms with Crippen molar-refractivity contribution in [2.45, 2.75) is 12.8 Å². The summed E-state index contributed by atoms with van der Waals surface area (Å²) in [6.45, 7) is 1.21. The highest BCUT2D eigenvalue weighted by atomic mass is 35.5. The van der Waals surface area contributed by atoms with E-state index in [2.05, 4.69) is 15.5 Å². The Balaban J connectivity index is 1.39. The van der Waals surface area contributed by atoms with Gasteiger partial charge in [-0.15, -0.1) is 0 Å². The average molecular weight is 503 g/mol. The minimum atomic E-state index is -0.176. The summed E-state index contributed by atoms with van der Waals surface area (Å²) in [6, 6.07) is 9.11. The molecule has 1 N–H and O–H groups in total. The maximum absolute atomic E-state index is 12.9. The largest absolute Gasteiger partial charge is 0.495 e. The van der Waals surface area contributed by atoms with Crippen LogP contribution in [0.1, 0.15) is 12.8 Å². The molecule has 4 rings (SSSR count). The molecular weight excluding hydrogens is 476 g/mol. The first kappa shape index (κ1) is 24.5. The number of hydrogen-bond donors (Lipinski definition) is 1. The van der Waals surface area contributed by atoms with E-state index in [-0.39, 0.29) is 11.8 Å². The van der Waals surface area contributed by atoms with Crippen LogP contribution < -0.4 is 29.2 Å². The first-order valence-electron chi connectivity index (χ1n) is 11.0. The van der Waals surface area contributed by atoms with Crippen LogP contribution in [0.2, 0.25) is 5.02 Å². The summed E-state index contributed by atoms with van der Waals surface area (Å²) in [5, 5.41) is 7.42. The van der Waals surface area contributed by atoms with E-state index < -0.39 is 0 Å². The summed E-state index contributed by atoms with van der Waals surface area (Å²) in [6.07, 6.45) is 1.26. The van der Waals surface area contributed by atoms with Gasteiger partial charge in [0.25, 0.3) is 0 Å². The monoisotopic (exact) mass is 502 g/mol. The number of benzene rings is 2. The van der Waals surface area contributed by atoms with E-state index in [9.17, 15) is 4.79 Å². The van der Waals surface area contributed by atoms with Crippen molar-refractivity contribution in [1.29, 1.82) is 0 Å². The van der Waals surface area contributed by atoms with E-state index in [1.165, 1.54) is 14.2 Å². The molecule has 0 saturated carbocycles. The van der Waals surface area contributed by atoms with Gasteiger partial charge < -0.3 is 33.7 Å². The first-order valence-corrected chi connectivity index (χ1v) is 11.4. The Hall–Kier alpha value is -3.66. The topological polar surface area (TPSA) is 108 Å². The predicted molar refractivity (Wildman–Crippen MR) is 131 cm³/mol. The summed E-state index contributed by atoms with van der Waals surface area (Å²) in [5.41, 5.74) is 1.25. The Bertz CT molecular complexity index is 1190. The molecule has 3 aromatic rings.